The van der Waals surface area contributed by atoms with Crippen molar-refractivity contribution < 1.29 is 23.1 Å². The minimum absolute atomic E-state index is 0.282. The number of carbonyl (C=O) groups excluding carboxylic acids is 1. The molecule has 2 nitrogen and oxygen atoms in total. The van der Waals surface area contributed by atoms with E-state index in [4.69, 9.17) is 16.7 Å². The van der Waals surface area contributed by atoms with Gasteiger partial charge in [-0.05, 0) is 24.1 Å². The predicted octanol–water partition coefficient (Wildman–Crippen LogP) is 2.84. The number of benzene rings is 1. The van der Waals surface area contributed by atoms with Gasteiger partial charge in [-0.15, -0.1) is 0 Å². The maximum atomic E-state index is 13.5. The Morgan fingerprint density at radius 1 is 1.38 bits per heavy atom. The van der Waals surface area contributed by atoms with Gasteiger partial charge in [0.15, 0.2) is 0 Å². The standard InChI is InChI=1S/C9H8ClFO.CH2F2O/c1-9(11,8(10)12)7-5-3-2-4-6-7;2-1(3)4/h2-6H,1H3;1,4H. The second-order valence-corrected chi connectivity index (χ2v) is 3.26. The summed E-state index contributed by atoms with van der Waals surface area (Å²) in [5.41, 5.74) is -1.80. The molecule has 1 aromatic rings. The number of aliphatic hydroxyl groups is 1. The summed E-state index contributed by atoms with van der Waals surface area (Å²) in [5.74, 6) is 0. The highest BCUT2D eigenvalue weighted by molar-refractivity contribution is 6.65. The Balaban J connectivity index is 0.000000487. The van der Waals surface area contributed by atoms with Crippen LogP contribution in [0.5, 0.6) is 0 Å². The van der Waals surface area contributed by atoms with E-state index in [2.05, 4.69) is 0 Å². The van der Waals surface area contributed by atoms with E-state index in [9.17, 15) is 18.0 Å². The van der Waals surface area contributed by atoms with Crippen molar-refractivity contribution in [1.82, 2.24) is 0 Å². The van der Waals surface area contributed by atoms with Crippen molar-refractivity contribution in [3.05, 3.63) is 35.9 Å². The minimum Gasteiger partial charge on any atom is -0.339 e. The van der Waals surface area contributed by atoms with Crippen molar-refractivity contribution in [3.63, 3.8) is 0 Å². The number of carbonyl (C=O) groups is 1. The van der Waals surface area contributed by atoms with Gasteiger partial charge in [0.05, 0.1) is 0 Å². The topological polar surface area (TPSA) is 37.3 Å². The Kier molecular flexibility index (Phi) is 6.06. The van der Waals surface area contributed by atoms with E-state index in [1.807, 2.05) is 0 Å². The molecule has 0 spiro atoms. The van der Waals surface area contributed by atoms with Gasteiger partial charge in [-0.1, -0.05) is 30.3 Å². The average Bonchev–Trinajstić information content (AvgIpc) is 2.18. The predicted molar refractivity (Wildman–Crippen MR) is 54.0 cm³/mol. The second kappa shape index (κ2) is 6.50. The van der Waals surface area contributed by atoms with Gasteiger partial charge in [-0.2, -0.15) is 8.78 Å². The van der Waals surface area contributed by atoms with Crippen molar-refractivity contribution in [3.8, 4) is 0 Å². The highest BCUT2D eigenvalue weighted by Crippen LogP contribution is 2.27. The summed E-state index contributed by atoms with van der Waals surface area (Å²) in [4.78, 5) is 10.7. The zero-order valence-corrected chi connectivity index (χ0v) is 9.09. The summed E-state index contributed by atoms with van der Waals surface area (Å²) in [7, 11) is 0. The molecule has 0 amide bonds. The first-order valence-corrected chi connectivity index (χ1v) is 4.57. The lowest BCUT2D eigenvalue weighted by molar-refractivity contribution is -0.121. The molecule has 0 aromatic heterocycles. The van der Waals surface area contributed by atoms with Crippen molar-refractivity contribution in [2.75, 3.05) is 0 Å². The van der Waals surface area contributed by atoms with Gasteiger partial charge < -0.3 is 5.11 Å². The number of aliphatic hydroxyl groups excluding tert-OH is 1. The van der Waals surface area contributed by atoms with Gasteiger partial charge >= 0.3 is 6.61 Å². The Bertz CT molecular complexity index is 325. The SMILES string of the molecule is CC(F)(C(=O)Cl)c1ccccc1.OC(F)F. The molecule has 90 valence electrons. The van der Waals surface area contributed by atoms with E-state index >= 15 is 0 Å². The van der Waals surface area contributed by atoms with Gasteiger partial charge in [0.2, 0.25) is 5.67 Å². The van der Waals surface area contributed by atoms with Crippen molar-refractivity contribution in [2.24, 2.45) is 0 Å². The molecule has 0 aliphatic heterocycles. The van der Waals surface area contributed by atoms with Crippen LogP contribution in [0.15, 0.2) is 30.3 Å². The van der Waals surface area contributed by atoms with E-state index < -0.39 is 17.5 Å². The molecule has 1 rings (SSSR count). The molecule has 1 atom stereocenters. The maximum absolute atomic E-state index is 13.5. The third kappa shape index (κ3) is 5.14. The van der Waals surface area contributed by atoms with Crippen LogP contribution in [0.1, 0.15) is 12.5 Å². The largest absolute Gasteiger partial charge is 0.342 e. The van der Waals surface area contributed by atoms with Crippen LogP contribution in [0.3, 0.4) is 0 Å². The summed E-state index contributed by atoms with van der Waals surface area (Å²) in [6.45, 7) is -2.02. The Morgan fingerprint density at radius 2 is 1.75 bits per heavy atom. The van der Waals surface area contributed by atoms with E-state index in [-0.39, 0.29) is 5.56 Å². The number of hydrogen-bond donors (Lipinski definition) is 1. The van der Waals surface area contributed by atoms with Crippen LogP contribution in [0.2, 0.25) is 0 Å². The average molecular weight is 255 g/mol. The van der Waals surface area contributed by atoms with Gasteiger partial charge in [-0.3, -0.25) is 4.79 Å². The van der Waals surface area contributed by atoms with Crippen LogP contribution >= 0.6 is 11.6 Å². The highest BCUT2D eigenvalue weighted by atomic mass is 35.5. The van der Waals surface area contributed by atoms with Crippen LogP contribution in [-0.4, -0.2) is 17.0 Å². The van der Waals surface area contributed by atoms with Crippen molar-refractivity contribution in [2.45, 2.75) is 19.2 Å². The maximum Gasteiger partial charge on any atom is 0.342 e. The first-order chi connectivity index (χ1) is 7.28. The molecule has 0 saturated carbocycles. The van der Waals surface area contributed by atoms with Gasteiger partial charge in [0, 0.05) is 0 Å². The molecule has 0 fully saturated rings. The van der Waals surface area contributed by atoms with Crippen LogP contribution in [0.25, 0.3) is 0 Å². The van der Waals surface area contributed by atoms with E-state index in [0.29, 0.717) is 0 Å². The van der Waals surface area contributed by atoms with Crippen LogP contribution in [-0.2, 0) is 10.5 Å². The molecule has 0 heterocycles. The fourth-order valence-corrected chi connectivity index (χ4v) is 0.974. The molecule has 1 N–H and O–H groups in total. The normalized spacial score (nSPS) is 13.7. The fourth-order valence-electron chi connectivity index (χ4n) is 0.865. The summed E-state index contributed by atoms with van der Waals surface area (Å²) >= 11 is 5.09. The molecule has 6 heteroatoms. The molecular weight excluding hydrogens is 245 g/mol. The molecule has 0 radical (unpaired) electrons. The highest BCUT2D eigenvalue weighted by Gasteiger charge is 2.33. The molecular formula is C10H10ClF3O2. The van der Waals surface area contributed by atoms with Crippen LogP contribution in [0, 0.1) is 0 Å². The third-order valence-electron chi connectivity index (χ3n) is 1.69. The van der Waals surface area contributed by atoms with Gasteiger partial charge in [0.25, 0.3) is 5.24 Å². The van der Waals surface area contributed by atoms with Crippen LogP contribution < -0.4 is 0 Å². The van der Waals surface area contributed by atoms with Gasteiger partial charge in [-0.25, -0.2) is 4.39 Å². The third-order valence-corrected chi connectivity index (χ3v) is 2.04. The number of hydrogen-bond acceptors (Lipinski definition) is 2. The number of rotatable bonds is 2. The van der Waals surface area contributed by atoms with E-state index in [1.54, 1.807) is 18.2 Å². The number of alkyl halides is 3. The fraction of sp³-hybridized carbons (Fsp3) is 0.300. The summed E-state index contributed by atoms with van der Waals surface area (Å²) in [6, 6.07) is 8.12. The van der Waals surface area contributed by atoms with E-state index in [1.165, 1.54) is 12.1 Å². The van der Waals surface area contributed by atoms with Crippen molar-refractivity contribution in [1.29, 1.82) is 0 Å². The zero-order chi connectivity index (χ0) is 12.8. The number of halogens is 4. The molecule has 0 bridgehead atoms. The Labute approximate surface area is 95.7 Å². The minimum atomic E-state index is -3.17. The lowest BCUT2D eigenvalue weighted by atomic mass is 10.00. The Morgan fingerprint density at radius 3 is 2.06 bits per heavy atom. The summed E-state index contributed by atoms with van der Waals surface area (Å²) in [6.07, 6.45) is 0. The quantitative estimate of drug-likeness (QED) is 0.824. The molecule has 16 heavy (non-hydrogen) atoms. The van der Waals surface area contributed by atoms with Gasteiger partial charge in [0.1, 0.15) is 0 Å². The van der Waals surface area contributed by atoms with E-state index in [0.717, 1.165) is 6.92 Å². The summed E-state index contributed by atoms with van der Waals surface area (Å²) in [5, 5.41) is 5.73. The summed E-state index contributed by atoms with van der Waals surface area (Å²) < 4.78 is 33.2. The van der Waals surface area contributed by atoms with Crippen molar-refractivity contribution >= 4 is 16.8 Å². The molecule has 0 aliphatic carbocycles. The molecule has 1 unspecified atom stereocenters. The Hall–Kier alpha value is -1.07. The second-order valence-electron chi connectivity index (χ2n) is 2.92. The molecule has 0 aliphatic rings. The smallest absolute Gasteiger partial charge is 0.339 e. The first-order valence-electron chi connectivity index (χ1n) is 4.19. The lowest BCUT2D eigenvalue weighted by Crippen LogP contribution is -2.22. The monoisotopic (exact) mass is 254 g/mol. The zero-order valence-electron chi connectivity index (χ0n) is 8.33. The van der Waals surface area contributed by atoms with Crippen LogP contribution in [0.4, 0.5) is 13.2 Å². The first kappa shape index (κ1) is 14.9. The molecule has 1 aromatic carbocycles. The lowest BCUT2D eigenvalue weighted by Gasteiger charge is -2.14. The molecule has 0 saturated heterocycles.